The maximum absolute atomic E-state index is 6.28. The van der Waals surface area contributed by atoms with Crippen LogP contribution in [0.5, 0.6) is 0 Å². The molecule has 0 saturated heterocycles. The Labute approximate surface area is 160 Å². The molecule has 1 heteroatoms. The molecule has 0 heterocycles. The van der Waals surface area contributed by atoms with Crippen LogP contribution in [0.2, 0.25) is 0 Å². The van der Waals surface area contributed by atoms with Crippen molar-refractivity contribution in [1.82, 2.24) is 0 Å². The van der Waals surface area contributed by atoms with Crippen LogP contribution in [0.1, 0.15) is 102 Å². The van der Waals surface area contributed by atoms with Gasteiger partial charge in [0.1, 0.15) is 0 Å². The van der Waals surface area contributed by atoms with E-state index >= 15 is 0 Å². The zero-order valence-electron chi connectivity index (χ0n) is 16.9. The van der Waals surface area contributed by atoms with Gasteiger partial charge in [0, 0.05) is 17.0 Å². The van der Waals surface area contributed by atoms with Crippen LogP contribution in [-0.2, 0) is 5.41 Å². The van der Waals surface area contributed by atoms with Gasteiger partial charge in [-0.25, -0.2) is 0 Å². The fourth-order valence-electron chi connectivity index (χ4n) is 5.27. The molecule has 0 spiro atoms. The highest BCUT2D eigenvalue weighted by Crippen LogP contribution is 2.57. The van der Waals surface area contributed by atoms with Crippen LogP contribution < -0.4 is 5.73 Å². The summed E-state index contributed by atoms with van der Waals surface area (Å²) >= 11 is 0. The Balaban J connectivity index is 1.93. The average Bonchev–Trinajstić information content (AvgIpc) is 2.92. The smallest absolute Gasteiger partial charge is 0.0273 e. The van der Waals surface area contributed by atoms with Crippen LogP contribution in [0.25, 0.3) is 0 Å². The molecule has 1 atom stereocenters. The van der Waals surface area contributed by atoms with Crippen molar-refractivity contribution in [2.24, 2.45) is 5.73 Å². The molecule has 0 fully saturated rings. The van der Waals surface area contributed by atoms with Crippen molar-refractivity contribution < 1.29 is 0 Å². The molecule has 26 heavy (non-hydrogen) atoms. The minimum absolute atomic E-state index is 0.238. The first-order valence-corrected chi connectivity index (χ1v) is 11.0. The Bertz CT molecular complexity index is 640. The van der Waals surface area contributed by atoms with Crippen molar-refractivity contribution in [3.63, 3.8) is 0 Å². The summed E-state index contributed by atoms with van der Waals surface area (Å²) in [6, 6.07) is 9.27. The number of hydrogen-bond acceptors (Lipinski definition) is 1. The molecule has 0 aliphatic heterocycles. The third-order valence-electron chi connectivity index (χ3n) is 6.61. The summed E-state index contributed by atoms with van der Waals surface area (Å²) in [5.41, 5.74) is 12.3. The lowest BCUT2D eigenvalue weighted by Crippen LogP contribution is -2.27. The van der Waals surface area contributed by atoms with E-state index in [1.807, 2.05) is 0 Å². The van der Waals surface area contributed by atoms with Crippen LogP contribution in [-0.4, -0.2) is 0 Å². The lowest BCUT2D eigenvalue weighted by Gasteiger charge is -2.35. The number of unbranched alkanes of at least 4 members (excludes halogenated alkanes) is 6. The Morgan fingerprint density at radius 2 is 1.58 bits per heavy atom. The van der Waals surface area contributed by atoms with Crippen LogP contribution in [0.3, 0.4) is 0 Å². The largest absolute Gasteiger partial charge is 0.399 e. The summed E-state index contributed by atoms with van der Waals surface area (Å²) in [6.07, 6.45) is 19.0. The average molecular weight is 352 g/mol. The number of rotatable bonds is 10. The summed E-state index contributed by atoms with van der Waals surface area (Å²) in [5.74, 6) is 0.566. The molecular formula is C25H37N. The van der Waals surface area contributed by atoms with Gasteiger partial charge >= 0.3 is 0 Å². The molecule has 0 radical (unpaired) electrons. The third kappa shape index (κ3) is 3.77. The van der Waals surface area contributed by atoms with E-state index in [0.717, 1.165) is 12.1 Å². The van der Waals surface area contributed by atoms with Gasteiger partial charge in [-0.1, -0.05) is 95.6 Å². The fraction of sp³-hybridized carbons (Fsp3) is 0.600. The number of hydrogen-bond donors (Lipinski definition) is 1. The number of allylic oxidation sites excluding steroid dienone is 3. The maximum atomic E-state index is 6.28. The summed E-state index contributed by atoms with van der Waals surface area (Å²) in [5, 5.41) is 0. The van der Waals surface area contributed by atoms with Crippen molar-refractivity contribution in [1.29, 1.82) is 0 Å². The zero-order valence-corrected chi connectivity index (χ0v) is 16.9. The Hall–Kier alpha value is -1.50. The fourth-order valence-corrected chi connectivity index (χ4v) is 5.27. The van der Waals surface area contributed by atoms with Crippen LogP contribution in [0.4, 0.5) is 0 Å². The molecular weight excluding hydrogens is 314 g/mol. The highest BCUT2D eigenvalue weighted by atomic mass is 14.6. The lowest BCUT2D eigenvalue weighted by atomic mass is 9.68. The highest BCUT2D eigenvalue weighted by Gasteiger charge is 2.47. The van der Waals surface area contributed by atoms with Crippen molar-refractivity contribution in [3.05, 3.63) is 58.8 Å². The molecule has 3 rings (SSSR count). The van der Waals surface area contributed by atoms with E-state index in [2.05, 4.69) is 50.3 Å². The molecule has 0 aromatic heterocycles. The molecule has 0 bridgehead atoms. The Morgan fingerprint density at radius 3 is 2.23 bits per heavy atom. The van der Waals surface area contributed by atoms with E-state index < -0.39 is 0 Å². The van der Waals surface area contributed by atoms with Gasteiger partial charge in [-0.3, -0.25) is 0 Å². The normalized spacial score (nSPS) is 20.3. The molecule has 2 N–H and O–H groups in total. The predicted molar refractivity (Wildman–Crippen MR) is 113 cm³/mol. The van der Waals surface area contributed by atoms with Crippen molar-refractivity contribution >= 4 is 0 Å². The molecule has 142 valence electrons. The Morgan fingerprint density at radius 1 is 0.923 bits per heavy atom. The van der Waals surface area contributed by atoms with Crippen molar-refractivity contribution in [3.8, 4) is 0 Å². The van der Waals surface area contributed by atoms with Gasteiger partial charge in [0.15, 0.2) is 0 Å². The van der Waals surface area contributed by atoms with Gasteiger partial charge in [0.2, 0.25) is 0 Å². The summed E-state index contributed by atoms with van der Waals surface area (Å²) in [7, 11) is 0. The molecule has 1 aromatic carbocycles. The maximum Gasteiger partial charge on any atom is 0.0273 e. The monoisotopic (exact) mass is 351 g/mol. The lowest BCUT2D eigenvalue weighted by molar-refractivity contribution is 0.387. The van der Waals surface area contributed by atoms with Gasteiger partial charge in [-0.05, 0) is 42.0 Å². The summed E-state index contributed by atoms with van der Waals surface area (Å²) in [6.45, 7) is 4.60. The second kappa shape index (κ2) is 8.93. The topological polar surface area (TPSA) is 26.0 Å². The van der Waals surface area contributed by atoms with Gasteiger partial charge in [-0.2, -0.15) is 0 Å². The first-order valence-electron chi connectivity index (χ1n) is 11.0. The first kappa shape index (κ1) is 19.3. The van der Waals surface area contributed by atoms with E-state index in [1.54, 1.807) is 16.7 Å². The van der Waals surface area contributed by atoms with E-state index in [-0.39, 0.29) is 5.41 Å². The molecule has 1 nitrogen and oxygen atoms in total. The van der Waals surface area contributed by atoms with Gasteiger partial charge < -0.3 is 5.73 Å². The molecule has 2 aliphatic rings. The third-order valence-corrected chi connectivity index (χ3v) is 6.61. The summed E-state index contributed by atoms with van der Waals surface area (Å²) in [4.78, 5) is 0. The Kier molecular flexibility index (Phi) is 6.62. The summed E-state index contributed by atoms with van der Waals surface area (Å²) < 4.78 is 0. The second-order valence-electron chi connectivity index (χ2n) is 8.38. The van der Waals surface area contributed by atoms with Crippen LogP contribution in [0, 0.1) is 0 Å². The standard InChI is InChI=1S/C25H37N/c1-3-5-7-11-17-25(18-12-8-6-4-2)23-14-10-9-13-21(23)22-16-15-20(26)19-24(22)25/h9-10,13-15,19,22H,3-8,11-12,16-18,26H2,1-2H3. The predicted octanol–water partition coefficient (Wildman–Crippen LogP) is 7.14. The minimum Gasteiger partial charge on any atom is -0.399 e. The highest BCUT2D eigenvalue weighted by molar-refractivity contribution is 5.58. The second-order valence-corrected chi connectivity index (χ2v) is 8.38. The van der Waals surface area contributed by atoms with Crippen molar-refractivity contribution in [2.45, 2.75) is 95.8 Å². The number of benzene rings is 1. The molecule has 0 saturated carbocycles. The van der Waals surface area contributed by atoms with Gasteiger partial charge in [-0.15, -0.1) is 0 Å². The number of nitrogens with two attached hydrogens (primary N) is 1. The van der Waals surface area contributed by atoms with E-state index in [9.17, 15) is 0 Å². The zero-order chi connectivity index (χ0) is 18.4. The van der Waals surface area contributed by atoms with E-state index in [0.29, 0.717) is 5.92 Å². The van der Waals surface area contributed by atoms with Crippen LogP contribution >= 0.6 is 0 Å². The molecule has 0 amide bonds. The first-order chi connectivity index (χ1) is 12.7. The van der Waals surface area contributed by atoms with Crippen LogP contribution in [0.15, 0.2) is 47.7 Å². The van der Waals surface area contributed by atoms with Gasteiger partial charge in [0.25, 0.3) is 0 Å². The van der Waals surface area contributed by atoms with E-state index in [1.165, 1.54) is 64.2 Å². The quantitative estimate of drug-likeness (QED) is 0.446. The molecule has 1 aromatic rings. The van der Waals surface area contributed by atoms with Gasteiger partial charge in [0.05, 0.1) is 0 Å². The van der Waals surface area contributed by atoms with Crippen molar-refractivity contribution in [2.75, 3.05) is 0 Å². The minimum atomic E-state index is 0.238. The molecule has 1 unspecified atom stereocenters. The number of fused-ring (bicyclic) bond motifs is 3. The van der Waals surface area contributed by atoms with E-state index in [4.69, 9.17) is 5.73 Å². The molecule has 2 aliphatic carbocycles. The SMILES string of the molecule is CCCCCCC1(CCCCCC)C2=CC(N)=CCC2c2ccccc21.